The van der Waals surface area contributed by atoms with Crippen LogP contribution in [0.5, 0.6) is 0 Å². The van der Waals surface area contributed by atoms with E-state index in [0.717, 1.165) is 13.1 Å². The lowest BCUT2D eigenvalue weighted by molar-refractivity contribution is 0.610. The van der Waals surface area contributed by atoms with Gasteiger partial charge in [-0.2, -0.15) is 23.5 Å². The molecule has 3 heteroatoms. The van der Waals surface area contributed by atoms with E-state index in [9.17, 15) is 0 Å². The Morgan fingerprint density at radius 2 is 2.00 bits per heavy atom. The summed E-state index contributed by atoms with van der Waals surface area (Å²) in [6.45, 7) is 9.01. The molecule has 0 aliphatic heterocycles. The Morgan fingerprint density at radius 3 is 2.50 bits per heavy atom. The molecule has 0 aliphatic carbocycles. The van der Waals surface area contributed by atoms with E-state index in [1.165, 1.54) is 11.5 Å². The molecule has 12 heavy (non-hydrogen) atoms. The van der Waals surface area contributed by atoms with E-state index in [0.29, 0.717) is 4.75 Å². The van der Waals surface area contributed by atoms with E-state index in [4.69, 9.17) is 0 Å². The van der Waals surface area contributed by atoms with Crippen LogP contribution in [0.2, 0.25) is 0 Å². The van der Waals surface area contributed by atoms with Gasteiger partial charge in [0, 0.05) is 23.6 Å². The van der Waals surface area contributed by atoms with Crippen molar-refractivity contribution in [2.24, 2.45) is 0 Å². The molecule has 0 saturated heterocycles. The van der Waals surface area contributed by atoms with Crippen molar-refractivity contribution < 1.29 is 0 Å². The number of rotatable bonds is 7. The van der Waals surface area contributed by atoms with Crippen molar-refractivity contribution in [3.8, 4) is 0 Å². The highest BCUT2D eigenvalue weighted by Gasteiger charge is 2.14. The second-order valence-electron chi connectivity index (χ2n) is 3.34. The molecule has 0 aromatic rings. The molecule has 0 aliphatic rings. The van der Waals surface area contributed by atoms with Gasteiger partial charge in [0.25, 0.3) is 0 Å². The molecule has 0 unspecified atom stereocenters. The molecule has 0 fully saturated rings. The largest absolute Gasteiger partial charge is 0.315 e. The van der Waals surface area contributed by atoms with Gasteiger partial charge in [-0.05, 0) is 25.9 Å². The van der Waals surface area contributed by atoms with E-state index in [1.807, 2.05) is 23.5 Å². The van der Waals surface area contributed by atoms with E-state index >= 15 is 0 Å². The van der Waals surface area contributed by atoms with Crippen LogP contribution in [0.15, 0.2) is 0 Å². The Balaban J connectivity index is 3.19. The third-order valence-electron chi connectivity index (χ3n) is 1.73. The zero-order valence-electron chi connectivity index (χ0n) is 8.64. The van der Waals surface area contributed by atoms with Gasteiger partial charge in [-0.15, -0.1) is 0 Å². The third kappa shape index (κ3) is 7.32. The summed E-state index contributed by atoms with van der Waals surface area (Å²) in [7, 11) is 0. The topological polar surface area (TPSA) is 12.0 Å². The van der Waals surface area contributed by atoms with Crippen LogP contribution in [0.4, 0.5) is 0 Å². The highest BCUT2D eigenvalue weighted by Crippen LogP contribution is 2.19. The summed E-state index contributed by atoms with van der Waals surface area (Å²) in [5.74, 6) is 2.47. The van der Waals surface area contributed by atoms with Crippen LogP contribution in [0.25, 0.3) is 0 Å². The van der Waals surface area contributed by atoms with Gasteiger partial charge in [0.15, 0.2) is 0 Å². The minimum atomic E-state index is 0.386. The van der Waals surface area contributed by atoms with Crippen molar-refractivity contribution in [1.29, 1.82) is 0 Å². The van der Waals surface area contributed by atoms with Crippen molar-refractivity contribution in [2.75, 3.05) is 30.9 Å². The van der Waals surface area contributed by atoms with Gasteiger partial charge in [0.2, 0.25) is 0 Å². The van der Waals surface area contributed by atoms with Crippen LogP contribution < -0.4 is 5.32 Å². The molecule has 0 saturated carbocycles. The summed E-state index contributed by atoms with van der Waals surface area (Å²) in [5.41, 5.74) is 0. The van der Waals surface area contributed by atoms with Gasteiger partial charge >= 0.3 is 0 Å². The standard InChI is InChI=1S/C9H21NS2/c1-5-12-7-6-10-8-9(2,3)11-4/h10H,5-8H2,1-4H3. The van der Waals surface area contributed by atoms with Crippen molar-refractivity contribution in [2.45, 2.75) is 25.5 Å². The molecule has 0 spiro atoms. The Hall–Kier alpha value is 0.660. The lowest BCUT2D eigenvalue weighted by Gasteiger charge is -2.22. The monoisotopic (exact) mass is 207 g/mol. The molecule has 0 amide bonds. The fourth-order valence-electron chi connectivity index (χ4n) is 0.750. The van der Waals surface area contributed by atoms with E-state index in [-0.39, 0.29) is 0 Å². The first-order valence-electron chi connectivity index (χ1n) is 4.46. The Kier molecular flexibility index (Phi) is 7.49. The number of hydrogen-bond acceptors (Lipinski definition) is 3. The maximum Gasteiger partial charge on any atom is 0.0225 e. The maximum atomic E-state index is 3.47. The molecule has 0 heterocycles. The first-order chi connectivity index (χ1) is 5.62. The molecule has 0 radical (unpaired) electrons. The average molecular weight is 207 g/mol. The molecule has 0 atom stereocenters. The highest BCUT2D eigenvalue weighted by atomic mass is 32.2. The molecule has 0 aromatic carbocycles. The minimum absolute atomic E-state index is 0.386. The van der Waals surface area contributed by atoms with Crippen LogP contribution in [0, 0.1) is 0 Å². The van der Waals surface area contributed by atoms with Gasteiger partial charge < -0.3 is 5.32 Å². The lowest BCUT2D eigenvalue weighted by atomic mass is 10.2. The number of nitrogens with one attached hydrogen (secondary N) is 1. The van der Waals surface area contributed by atoms with E-state index < -0.39 is 0 Å². The predicted octanol–water partition coefficient (Wildman–Crippen LogP) is 2.47. The second kappa shape index (κ2) is 7.10. The molecule has 0 bridgehead atoms. The third-order valence-corrected chi connectivity index (χ3v) is 3.88. The van der Waals surface area contributed by atoms with Gasteiger partial charge in [0.05, 0.1) is 0 Å². The Bertz CT molecular complexity index is 105. The SMILES string of the molecule is CCSCCNCC(C)(C)SC. The molecular formula is C9H21NS2. The fraction of sp³-hybridized carbons (Fsp3) is 1.00. The molecule has 1 N–H and O–H groups in total. The summed E-state index contributed by atoms with van der Waals surface area (Å²) in [6, 6.07) is 0. The molecule has 0 aromatic heterocycles. The molecule has 0 rings (SSSR count). The van der Waals surface area contributed by atoms with Crippen molar-refractivity contribution in [3.05, 3.63) is 0 Å². The van der Waals surface area contributed by atoms with Crippen LogP contribution in [0.3, 0.4) is 0 Å². The van der Waals surface area contributed by atoms with Crippen molar-refractivity contribution in [1.82, 2.24) is 5.32 Å². The minimum Gasteiger partial charge on any atom is -0.315 e. The van der Waals surface area contributed by atoms with Crippen molar-refractivity contribution in [3.63, 3.8) is 0 Å². The van der Waals surface area contributed by atoms with Crippen molar-refractivity contribution >= 4 is 23.5 Å². The summed E-state index contributed by atoms with van der Waals surface area (Å²) in [6.07, 6.45) is 2.17. The number of hydrogen-bond donors (Lipinski definition) is 1. The Morgan fingerprint density at radius 1 is 1.33 bits per heavy atom. The first kappa shape index (κ1) is 12.7. The van der Waals surface area contributed by atoms with Crippen LogP contribution in [0.1, 0.15) is 20.8 Å². The highest BCUT2D eigenvalue weighted by molar-refractivity contribution is 8.00. The molecule has 74 valence electrons. The first-order valence-corrected chi connectivity index (χ1v) is 6.84. The van der Waals surface area contributed by atoms with E-state index in [2.05, 4.69) is 32.3 Å². The van der Waals surface area contributed by atoms with Crippen LogP contribution in [-0.2, 0) is 0 Å². The van der Waals surface area contributed by atoms with Gasteiger partial charge in [-0.3, -0.25) is 0 Å². The summed E-state index contributed by atoms with van der Waals surface area (Å²) in [4.78, 5) is 0. The predicted molar refractivity (Wildman–Crippen MR) is 63.5 cm³/mol. The Labute approximate surface area is 85.5 Å². The summed E-state index contributed by atoms with van der Waals surface area (Å²) in [5, 5.41) is 3.47. The zero-order chi connectivity index (χ0) is 9.45. The average Bonchev–Trinajstić information content (AvgIpc) is 2.04. The zero-order valence-corrected chi connectivity index (χ0v) is 10.3. The maximum absolute atomic E-state index is 3.47. The van der Waals surface area contributed by atoms with Gasteiger partial charge in [0.1, 0.15) is 0 Å². The normalized spacial score (nSPS) is 12.0. The van der Waals surface area contributed by atoms with Crippen LogP contribution >= 0.6 is 23.5 Å². The van der Waals surface area contributed by atoms with E-state index in [1.54, 1.807) is 0 Å². The lowest BCUT2D eigenvalue weighted by Crippen LogP contribution is -2.33. The van der Waals surface area contributed by atoms with Gasteiger partial charge in [-0.1, -0.05) is 6.92 Å². The molecule has 1 nitrogen and oxygen atoms in total. The van der Waals surface area contributed by atoms with Gasteiger partial charge in [-0.25, -0.2) is 0 Å². The smallest absolute Gasteiger partial charge is 0.0225 e. The fourth-order valence-corrected chi connectivity index (χ4v) is 1.57. The van der Waals surface area contributed by atoms with Crippen LogP contribution in [-0.4, -0.2) is 35.6 Å². The number of thioether (sulfide) groups is 2. The summed E-state index contributed by atoms with van der Waals surface area (Å²) >= 11 is 3.92. The quantitative estimate of drug-likeness (QED) is 0.644. The second-order valence-corrected chi connectivity index (χ2v) is 6.24. The molecular weight excluding hydrogens is 186 g/mol. The summed E-state index contributed by atoms with van der Waals surface area (Å²) < 4.78 is 0.386.